The van der Waals surface area contributed by atoms with E-state index in [1.54, 1.807) is 33.3 Å². The van der Waals surface area contributed by atoms with Gasteiger partial charge in [-0.2, -0.15) is 0 Å². The second-order valence-electron chi connectivity index (χ2n) is 9.49. The van der Waals surface area contributed by atoms with Gasteiger partial charge in [0.1, 0.15) is 24.7 Å². The minimum Gasteiger partial charge on any atom is -0.491 e. The molecule has 0 radical (unpaired) electrons. The molecule has 0 saturated heterocycles. The molecular formula is C28H32FN3O3S. The van der Waals surface area contributed by atoms with Crippen molar-refractivity contribution in [2.75, 3.05) is 31.6 Å². The molecule has 190 valence electrons. The molecular weight excluding hydrogens is 477 g/mol. The van der Waals surface area contributed by atoms with Gasteiger partial charge in [-0.25, -0.2) is 9.18 Å². The third-order valence-corrected chi connectivity index (χ3v) is 7.12. The van der Waals surface area contributed by atoms with Crippen LogP contribution < -0.4 is 10.1 Å². The molecule has 8 heteroatoms. The molecule has 3 aromatic rings. The molecule has 1 N–H and O–H groups in total. The van der Waals surface area contributed by atoms with Crippen molar-refractivity contribution in [3.63, 3.8) is 0 Å². The predicted octanol–water partition coefficient (Wildman–Crippen LogP) is 5.89. The van der Waals surface area contributed by atoms with E-state index in [0.717, 1.165) is 17.5 Å². The molecule has 0 unspecified atom stereocenters. The van der Waals surface area contributed by atoms with E-state index in [-0.39, 0.29) is 42.9 Å². The maximum absolute atomic E-state index is 13.6. The number of amides is 3. The van der Waals surface area contributed by atoms with Gasteiger partial charge in [0.2, 0.25) is 5.91 Å². The van der Waals surface area contributed by atoms with E-state index in [2.05, 4.69) is 5.32 Å². The number of rotatable bonds is 8. The lowest BCUT2D eigenvalue weighted by Gasteiger charge is -2.37. The fourth-order valence-corrected chi connectivity index (χ4v) is 5.29. The second kappa shape index (κ2) is 11.6. The van der Waals surface area contributed by atoms with Gasteiger partial charge in [0.25, 0.3) is 0 Å². The zero-order chi connectivity index (χ0) is 25.7. The number of thiophene rings is 1. The van der Waals surface area contributed by atoms with Crippen LogP contribution in [0.15, 0.2) is 60.0 Å². The summed E-state index contributed by atoms with van der Waals surface area (Å²) in [7, 11) is 0. The molecule has 1 aliphatic heterocycles. The van der Waals surface area contributed by atoms with Crippen molar-refractivity contribution in [2.24, 2.45) is 5.92 Å². The Bertz CT molecular complexity index is 1190. The molecule has 1 aromatic heterocycles. The summed E-state index contributed by atoms with van der Waals surface area (Å²) in [5.74, 6) is 0.103. The molecule has 0 saturated carbocycles. The van der Waals surface area contributed by atoms with E-state index in [9.17, 15) is 14.0 Å². The highest BCUT2D eigenvalue weighted by atomic mass is 32.1. The quantitative estimate of drug-likeness (QED) is 0.412. The number of fused-ring (bicyclic) bond motifs is 1. The number of aryl methyl sites for hydroxylation is 1. The van der Waals surface area contributed by atoms with Crippen molar-refractivity contribution in [3.05, 3.63) is 81.8 Å². The molecule has 0 bridgehead atoms. The van der Waals surface area contributed by atoms with E-state index in [4.69, 9.17) is 4.74 Å². The standard InChI is InChI=1S/C28H32FN3O3S/c1-19(2)16-31(28(34)30-22-9-7-20(3)8-10-22)17-27(33)32-13-11-26-24(12-14-36-26)25(32)18-35-23-6-4-5-21(29)15-23/h4-10,12,14-15,19,25H,11,13,16-18H2,1-3H3,(H,30,34)/t25-/m1/s1. The minimum absolute atomic E-state index is 0.0359. The van der Waals surface area contributed by atoms with Gasteiger partial charge in [0, 0.05) is 29.7 Å². The van der Waals surface area contributed by atoms with Crippen molar-refractivity contribution in [1.82, 2.24) is 9.80 Å². The van der Waals surface area contributed by atoms with Crippen LogP contribution in [0.3, 0.4) is 0 Å². The zero-order valence-electron chi connectivity index (χ0n) is 20.9. The number of hydrogen-bond donors (Lipinski definition) is 1. The molecule has 36 heavy (non-hydrogen) atoms. The second-order valence-corrected chi connectivity index (χ2v) is 10.5. The Balaban J connectivity index is 1.49. The Morgan fingerprint density at radius 1 is 1.19 bits per heavy atom. The number of nitrogens with one attached hydrogen (secondary N) is 1. The van der Waals surface area contributed by atoms with Crippen LogP contribution in [-0.2, 0) is 11.2 Å². The van der Waals surface area contributed by atoms with Gasteiger partial charge in [0.15, 0.2) is 0 Å². The Hall–Kier alpha value is -3.39. The number of urea groups is 1. The largest absolute Gasteiger partial charge is 0.491 e. The smallest absolute Gasteiger partial charge is 0.322 e. The molecule has 0 aliphatic carbocycles. The lowest BCUT2D eigenvalue weighted by atomic mass is 10.0. The first-order valence-corrected chi connectivity index (χ1v) is 13.0. The summed E-state index contributed by atoms with van der Waals surface area (Å²) in [6.45, 7) is 7.19. The third-order valence-electron chi connectivity index (χ3n) is 6.12. The minimum atomic E-state index is -0.371. The third kappa shape index (κ3) is 6.43. The molecule has 0 fully saturated rings. The van der Waals surface area contributed by atoms with E-state index in [1.165, 1.54) is 17.0 Å². The average Bonchev–Trinajstić information content (AvgIpc) is 3.32. The van der Waals surface area contributed by atoms with Crippen LogP contribution in [0.2, 0.25) is 0 Å². The molecule has 4 rings (SSSR count). The fourth-order valence-electron chi connectivity index (χ4n) is 4.36. The summed E-state index contributed by atoms with van der Waals surface area (Å²) < 4.78 is 19.6. The fraction of sp³-hybridized carbons (Fsp3) is 0.357. The highest BCUT2D eigenvalue weighted by molar-refractivity contribution is 7.10. The van der Waals surface area contributed by atoms with Gasteiger partial charge >= 0.3 is 6.03 Å². The monoisotopic (exact) mass is 509 g/mol. The Labute approximate surface area is 215 Å². The van der Waals surface area contributed by atoms with E-state index in [1.807, 2.05) is 56.5 Å². The van der Waals surface area contributed by atoms with Crippen LogP contribution in [0.5, 0.6) is 5.75 Å². The number of nitrogens with zero attached hydrogens (tertiary/aromatic N) is 2. The molecule has 0 spiro atoms. The lowest BCUT2D eigenvalue weighted by molar-refractivity contribution is -0.135. The summed E-state index contributed by atoms with van der Waals surface area (Å²) in [4.78, 5) is 31.3. The first kappa shape index (κ1) is 25.7. The van der Waals surface area contributed by atoms with Crippen LogP contribution in [0.25, 0.3) is 0 Å². The van der Waals surface area contributed by atoms with Crippen LogP contribution >= 0.6 is 11.3 Å². The van der Waals surface area contributed by atoms with Crippen LogP contribution in [0.4, 0.5) is 14.9 Å². The van der Waals surface area contributed by atoms with E-state index >= 15 is 0 Å². The average molecular weight is 510 g/mol. The number of hydrogen-bond acceptors (Lipinski definition) is 4. The molecule has 3 amide bonds. The normalized spacial score (nSPS) is 14.9. The first-order valence-electron chi connectivity index (χ1n) is 12.2. The summed E-state index contributed by atoms with van der Waals surface area (Å²) in [6, 6.07) is 15.0. The van der Waals surface area contributed by atoms with Gasteiger partial charge in [-0.05, 0) is 60.5 Å². The Morgan fingerprint density at radius 2 is 1.97 bits per heavy atom. The van der Waals surface area contributed by atoms with Gasteiger partial charge in [-0.15, -0.1) is 11.3 Å². The maximum Gasteiger partial charge on any atom is 0.322 e. The number of anilines is 1. The topological polar surface area (TPSA) is 61.9 Å². The molecule has 6 nitrogen and oxygen atoms in total. The molecule has 1 aliphatic rings. The van der Waals surface area contributed by atoms with E-state index < -0.39 is 0 Å². The highest BCUT2D eigenvalue weighted by Gasteiger charge is 2.33. The number of ether oxygens (including phenoxy) is 1. The van der Waals surface area contributed by atoms with E-state index in [0.29, 0.717) is 24.5 Å². The number of halogens is 1. The summed E-state index contributed by atoms with van der Waals surface area (Å²) in [5.41, 5.74) is 2.84. The molecule has 2 heterocycles. The van der Waals surface area contributed by atoms with Gasteiger partial charge in [0.05, 0.1) is 6.04 Å². The molecule has 1 atom stereocenters. The van der Waals surface area contributed by atoms with Gasteiger partial charge < -0.3 is 19.9 Å². The van der Waals surface area contributed by atoms with Gasteiger partial charge in [-0.1, -0.05) is 37.6 Å². The summed E-state index contributed by atoms with van der Waals surface area (Å²) in [5, 5.41) is 4.94. The summed E-state index contributed by atoms with van der Waals surface area (Å²) in [6.07, 6.45) is 0.759. The van der Waals surface area contributed by atoms with Crippen molar-refractivity contribution in [3.8, 4) is 5.75 Å². The Morgan fingerprint density at radius 3 is 2.69 bits per heavy atom. The predicted molar refractivity (Wildman–Crippen MR) is 141 cm³/mol. The van der Waals surface area contributed by atoms with Crippen LogP contribution in [0.1, 0.15) is 35.9 Å². The number of benzene rings is 2. The highest BCUT2D eigenvalue weighted by Crippen LogP contribution is 2.34. The number of carbonyl (C=O) groups is 2. The van der Waals surface area contributed by atoms with Crippen molar-refractivity contribution < 1.29 is 18.7 Å². The number of carbonyl (C=O) groups excluding carboxylic acids is 2. The zero-order valence-corrected chi connectivity index (χ0v) is 21.7. The summed E-state index contributed by atoms with van der Waals surface area (Å²) >= 11 is 1.67. The van der Waals surface area contributed by atoms with Crippen molar-refractivity contribution >= 4 is 29.0 Å². The maximum atomic E-state index is 13.6. The first-order chi connectivity index (χ1) is 17.3. The van der Waals surface area contributed by atoms with Crippen molar-refractivity contribution in [2.45, 2.75) is 33.2 Å². The Kier molecular flexibility index (Phi) is 8.25. The lowest BCUT2D eigenvalue weighted by Crippen LogP contribution is -2.49. The van der Waals surface area contributed by atoms with Crippen LogP contribution in [0, 0.1) is 18.7 Å². The molecule has 2 aromatic carbocycles. The van der Waals surface area contributed by atoms with Crippen molar-refractivity contribution in [1.29, 1.82) is 0 Å². The van der Waals surface area contributed by atoms with Gasteiger partial charge in [-0.3, -0.25) is 4.79 Å². The van der Waals surface area contributed by atoms with Crippen LogP contribution in [-0.4, -0.2) is 48.0 Å². The SMILES string of the molecule is Cc1ccc(NC(=O)N(CC(=O)N2CCc3sccc3[C@H]2COc2cccc(F)c2)CC(C)C)cc1.